The molecule has 0 aliphatic carbocycles. The lowest BCUT2D eigenvalue weighted by Crippen LogP contribution is -2.48. The van der Waals surface area contributed by atoms with Crippen LogP contribution in [0.1, 0.15) is 10.4 Å². The van der Waals surface area contributed by atoms with Gasteiger partial charge in [-0.15, -0.1) is 0 Å². The van der Waals surface area contributed by atoms with Crippen LogP contribution >= 0.6 is 11.6 Å². The van der Waals surface area contributed by atoms with Crippen molar-refractivity contribution in [1.82, 2.24) is 9.88 Å². The van der Waals surface area contributed by atoms with E-state index < -0.39 is 10.0 Å². The lowest BCUT2D eigenvalue weighted by molar-refractivity contribution is 0.0747. The zero-order valence-corrected chi connectivity index (χ0v) is 20.3. The maximum absolute atomic E-state index is 13.0. The SMILES string of the molecule is O=C(c1ccc(NS(=O)(=O)c2cccc3cccnc23)cc1)N1CCN(c2cccc(Cl)c2)CC1. The second-order valence-corrected chi connectivity index (χ2v) is 10.4. The summed E-state index contributed by atoms with van der Waals surface area (Å²) in [6, 6.07) is 22.8. The van der Waals surface area contributed by atoms with Crippen molar-refractivity contribution in [2.24, 2.45) is 0 Å². The lowest BCUT2D eigenvalue weighted by Gasteiger charge is -2.36. The van der Waals surface area contributed by atoms with Crippen molar-refractivity contribution in [1.29, 1.82) is 0 Å². The minimum absolute atomic E-state index is 0.0802. The number of nitrogens with one attached hydrogen (secondary N) is 1. The Hall–Kier alpha value is -3.62. The smallest absolute Gasteiger partial charge is 0.264 e. The van der Waals surface area contributed by atoms with Gasteiger partial charge in [-0.25, -0.2) is 8.42 Å². The van der Waals surface area contributed by atoms with Gasteiger partial charge in [0, 0.05) is 59.7 Å². The molecule has 0 saturated carbocycles. The number of rotatable bonds is 5. The van der Waals surface area contributed by atoms with E-state index in [4.69, 9.17) is 11.6 Å². The standard InChI is InChI=1S/C26H23ClN4O3S/c27-21-6-2-7-23(18-21)30-14-16-31(17-15-30)26(32)20-9-11-22(12-10-20)29-35(33,34)24-8-1-4-19-5-3-13-28-25(19)24/h1-13,18,29H,14-17H2. The zero-order chi connectivity index (χ0) is 24.4. The lowest BCUT2D eigenvalue weighted by atomic mass is 10.1. The summed E-state index contributed by atoms with van der Waals surface area (Å²) in [7, 11) is -3.85. The highest BCUT2D eigenvalue weighted by Gasteiger charge is 2.23. The number of benzene rings is 3. The van der Waals surface area contributed by atoms with Gasteiger partial charge >= 0.3 is 0 Å². The summed E-state index contributed by atoms with van der Waals surface area (Å²) in [6.45, 7) is 2.60. The summed E-state index contributed by atoms with van der Waals surface area (Å²) in [5.74, 6) is -0.0802. The third-order valence-electron chi connectivity index (χ3n) is 6.01. The predicted molar refractivity (Wildman–Crippen MR) is 139 cm³/mol. The molecule has 3 aromatic carbocycles. The van der Waals surface area contributed by atoms with Crippen molar-refractivity contribution in [3.05, 3.63) is 95.6 Å². The van der Waals surface area contributed by atoms with Gasteiger partial charge in [-0.05, 0) is 54.6 Å². The van der Waals surface area contributed by atoms with E-state index in [0.717, 1.165) is 11.1 Å². The largest absolute Gasteiger partial charge is 0.368 e. The average molecular weight is 507 g/mol. The van der Waals surface area contributed by atoms with Crippen molar-refractivity contribution in [2.75, 3.05) is 35.8 Å². The minimum Gasteiger partial charge on any atom is -0.368 e. The fourth-order valence-electron chi connectivity index (χ4n) is 4.21. The number of hydrogen-bond acceptors (Lipinski definition) is 5. The second-order valence-electron chi connectivity index (χ2n) is 8.27. The monoisotopic (exact) mass is 506 g/mol. The molecule has 0 unspecified atom stereocenters. The molecule has 178 valence electrons. The molecule has 35 heavy (non-hydrogen) atoms. The molecule has 0 spiro atoms. The highest BCUT2D eigenvalue weighted by Crippen LogP contribution is 2.24. The topological polar surface area (TPSA) is 82.6 Å². The third kappa shape index (κ3) is 4.94. The molecule has 1 aliphatic heterocycles. The first-order valence-electron chi connectivity index (χ1n) is 11.2. The number of piperazine rings is 1. The molecule has 1 saturated heterocycles. The van der Waals surface area contributed by atoms with Crippen LogP contribution in [-0.2, 0) is 10.0 Å². The Bertz CT molecular complexity index is 1480. The van der Waals surface area contributed by atoms with E-state index in [2.05, 4.69) is 14.6 Å². The van der Waals surface area contributed by atoms with E-state index in [1.54, 1.807) is 42.6 Å². The number of para-hydroxylation sites is 1. The summed E-state index contributed by atoms with van der Waals surface area (Å²) >= 11 is 6.10. The molecule has 1 fully saturated rings. The van der Waals surface area contributed by atoms with Crippen LogP contribution < -0.4 is 9.62 Å². The van der Waals surface area contributed by atoms with Crippen molar-refractivity contribution in [3.63, 3.8) is 0 Å². The third-order valence-corrected chi connectivity index (χ3v) is 7.66. The Morgan fingerprint density at radius 1 is 0.886 bits per heavy atom. The van der Waals surface area contributed by atoms with Gasteiger partial charge in [-0.3, -0.25) is 14.5 Å². The first-order valence-corrected chi connectivity index (χ1v) is 13.0. The molecule has 5 rings (SSSR count). The van der Waals surface area contributed by atoms with Gasteiger partial charge < -0.3 is 9.80 Å². The van der Waals surface area contributed by atoms with Crippen molar-refractivity contribution < 1.29 is 13.2 Å². The Morgan fingerprint density at radius 2 is 1.60 bits per heavy atom. The Balaban J connectivity index is 1.25. The summed E-state index contributed by atoms with van der Waals surface area (Å²) in [6.07, 6.45) is 1.57. The van der Waals surface area contributed by atoms with E-state index in [0.29, 0.717) is 48.0 Å². The number of aromatic nitrogens is 1. The summed E-state index contributed by atoms with van der Waals surface area (Å²) in [4.78, 5) is 21.3. The number of hydrogen-bond donors (Lipinski definition) is 1. The molecule has 2 heterocycles. The number of halogens is 1. The van der Waals surface area contributed by atoms with E-state index in [1.807, 2.05) is 41.3 Å². The maximum atomic E-state index is 13.0. The predicted octanol–water partition coefficient (Wildman–Crippen LogP) is 4.65. The van der Waals surface area contributed by atoms with E-state index in [1.165, 1.54) is 6.07 Å². The maximum Gasteiger partial charge on any atom is 0.264 e. The number of fused-ring (bicyclic) bond motifs is 1. The second kappa shape index (κ2) is 9.56. The molecule has 1 aliphatic rings. The van der Waals surface area contributed by atoms with Crippen LogP contribution in [0.5, 0.6) is 0 Å². The van der Waals surface area contributed by atoms with Crippen LogP contribution in [0.25, 0.3) is 10.9 Å². The number of amides is 1. The normalized spacial score (nSPS) is 14.2. The van der Waals surface area contributed by atoms with Crippen LogP contribution in [0.3, 0.4) is 0 Å². The average Bonchev–Trinajstić information content (AvgIpc) is 2.88. The molecule has 0 atom stereocenters. The van der Waals surface area contributed by atoms with Crippen LogP contribution in [-0.4, -0.2) is 50.4 Å². The highest BCUT2D eigenvalue weighted by atomic mass is 35.5. The number of carbonyl (C=O) groups excluding carboxylic acids is 1. The van der Waals surface area contributed by atoms with Crippen molar-refractivity contribution >= 4 is 49.8 Å². The quantitative estimate of drug-likeness (QED) is 0.426. The highest BCUT2D eigenvalue weighted by molar-refractivity contribution is 7.93. The van der Waals surface area contributed by atoms with E-state index >= 15 is 0 Å². The van der Waals surface area contributed by atoms with Crippen LogP contribution in [0.2, 0.25) is 5.02 Å². The van der Waals surface area contributed by atoms with Crippen molar-refractivity contribution in [3.8, 4) is 0 Å². The molecule has 4 aromatic rings. The number of sulfonamides is 1. The molecular weight excluding hydrogens is 484 g/mol. The molecule has 9 heteroatoms. The number of anilines is 2. The van der Waals surface area contributed by atoms with Gasteiger partial charge in [0.2, 0.25) is 0 Å². The summed E-state index contributed by atoms with van der Waals surface area (Å²) < 4.78 is 28.6. The zero-order valence-electron chi connectivity index (χ0n) is 18.8. The van der Waals surface area contributed by atoms with E-state index in [9.17, 15) is 13.2 Å². The molecule has 7 nitrogen and oxygen atoms in total. The van der Waals surface area contributed by atoms with Gasteiger partial charge in [0.1, 0.15) is 4.90 Å². The van der Waals surface area contributed by atoms with Gasteiger partial charge in [-0.2, -0.15) is 0 Å². The molecule has 0 radical (unpaired) electrons. The summed E-state index contributed by atoms with van der Waals surface area (Å²) in [5.41, 5.74) is 2.34. The fraction of sp³-hybridized carbons (Fsp3) is 0.154. The molecular formula is C26H23ClN4O3S. The summed E-state index contributed by atoms with van der Waals surface area (Å²) in [5, 5.41) is 1.43. The number of nitrogens with zero attached hydrogens (tertiary/aromatic N) is 3. The number of pyridine rings is 1. The van der Waals surface area contributed by atoms with Crippen LogP contribution in [0.15, 0.2) is 90.0 Å². The number of carbonyl (C=O) groups is 1. The molecule has 1 amide bonds. The first kappa shape index (κ1) is 23.1. The van der Waals surface area contributed by atoms with Gasteiger partial charge in [-0.1, -0.05) is 35.9 Å². The minimum atomic E-state index is -3.85. The van der Waals surface area contributed by atoms with Crippen LogP contribution in [0, 0.1) is 0 Å². The van der Waals surface area contributed by atoms with Gasteiger partial charge in [0.15, 0.2) is 0 Å². The van der Waals surface area contributed by atoms with Crippen molar-refractivity contribution in [2.45, 2.75) is 4.90 Å². The molecule has 1 aromatic heterocycles. The molecule has 0 bridgehead atoms. The van der Waals surface area contributed by atoms with Gasteiger partial charge in [0.05, 0.1) is 5.52 Å². The van der Waals surface area contributed by atoms with Crippen LogP contribution in [0.4, 0.5) is 11.4 Å². The Morgan fingerprint density at radius 3 is 2.34 bits per heavy atom. The first-order chi connectivity index (χ1) is 16.9. The Labute approximate surface area is 209 Å². The van der Waals surface area contributed by atoms with E-state index in [-0.39, 0.29) is 10.8 Å². The fourth-order valence-corrected chi connectivity index (χ4v) is 5.63. The Kier molecular flexibility index (Phi) is 6.32. The molecule has 1 N–H and O–H groups in total. The van der Waals surface area contributed by atoms with Gasteiger partial charge in [0.25, 0.3) is 15.9 Å².